The number of benzene rings is 1. The first-order valence-electron chi connectivity index (χ1n) is 4.46. The summed E-state index contributed by atoms with van der Waals surface area (Å²) >= 11 is 3.29. The third-order valence-corrected chi connectivity index (χ3v) is 2.34. The summed E-state index contributed by atoms with van der Waals surface area (Å²) in [6.45, 7) is 0. The van der Waals surface area contributed by atoms with Crippen molar-refractivity contribution in [3.05, 3.63) is 46.7 Å². The van der Waals surface area contributed by atoms with E-state index >= 15 is 0 Å². The largest absolute Gasteiger partial charge is 0.289 e. The number of carbonyl (C=O) groups excluding carboxylic acids is 1. The fourth-order valence-electron chi connectivity index (χ4n) is 1.08. The number of nitrogens with one attached hydrogen (secondary N) is 1. The average molecular weight is 279 g/mol. The molecule has 0 bridgehead atoms. The van der Waals surface area contributed by atoms with Gasteiger partial charge >= 0.3 is 0 Å². The molecule has 0 atom stereocenters. The van der Waals surface area contributed by atoms with Gasteiger partial charge in [-0.05, 0) is 24.3 Å². The number of nitrogens with zero attached hydrogens (tertiary/aromatic N) is 3. The molecule has 0 unspecified atom stereocenters. The molecule has 1 heterocycles. The zero-order chi connectivity index (χ0) is 11.4. The zero-order valence-electron chi connectivity index (χ0n) is 8.09. The second-order valence-electron chi connectivity index (χ2n) is 2.93. The Morgan fingerprint density at radius 3 is 2.56 bits per heavy atom. The van der Waals surface area contributed by atoms with Crippen molar-refractivity contribution in [2.24, 2.45) is 0 Å². The molecule has 1 N–H and O–H groups in total. The second-order valence-corrected chi connectivity index (χ2v) is 3.84. The van der Waals surface area contributed by atoms with Gasteiger partial charge in [0.05, 0.1) is 12.4 Å². The molecule has 0 radical (unpaired) electrons. The molecule has 6 heteroatoms. The van der Waals surface area contributed by atoms with Crippen LogP contribution in [0, 0.1) is 0 Å². The molecule has 5 nitrogen and oxygen atoms in total. The van der Waals surface area contributed by atoms with Crippen molar-refractivity contribution in [3.63, 3.8) is 0 Å². The minimum Gasteiger partial charge on any atom is -0.289 e. The lowest BCUT2D eigenvalue weighted by atomic mass is 10.2. The molecular formula is C10H7BrN4O. The van der Waals surface area contributed by atoms with Gasteiger partial charge in [0.2, 0.25) is 5.95 Å². The fourth-order valence-corrected chi connectivity index (χ4v) is 1.34. The van der Waals surface area contributed by atoms with Crippen LogP contribution in [0.3, 0.4) is 0 Å². The highest BCUT2D eigenvalue weighted by Gasteiger charge is 2.06. The van der Waals surface area contributed by atoms with E-state index in [9.17, 15) is 4.79 Å². The standard InChI is InChI=1S/C10H7BrN4O/c11-8-3-1-7(2-4-8)9(16)14-10-12-5-6-13-15-10/h1-6H,(H,12,14,15,16). The van der Waals surface area contributed by atoms with E-state index in [-0.39, 0.29) is 11.9 Å². The molecule has 16 heavy (non-hydrogen) atoms. The van der Waals surface area contributed by atoms with Crippen LogP contribution in [0.2, 0.25) is 0 Å². The van der Waals surface area contributed by atoms with Crippen molar-refractivity contribution < 1.29 is 4.79 Å². The first-order chi connectivity index (χ1) is 7.75. The zero-order valence-corrected chi connectivity index (χ0v) is 9.68. The lowest BCUT2D eigenvalue weighted by Gasteiger charge is -2.02. The monoisotopic (exact) mass is 278 g/mol. The predicted molar refractivity (Wildman–Crippen MR) is 61.9 cm³/mol. The number of halogens is 1. The lowest BCUT2D eigenvalue weighted by molar-refractivity contribution is 0.102. The maximum atomic E-state index is 11.7. The summed E-state index contributed by atoms with van der Waals surface area (Å²) < 4.78 is 0.918. The number of aromatic nitrogens is 3. The average Bonchev–Trinajstić information content (AvgIpc) is 2.31. The molecule has 0 saturated carbocycles. The van der Waals surface area contributed by atoms with Crippen LogP contribution in [-0.2, 0) is 0 Å². The third-order valence-electron chi connectivity index (χ3n) is 1.81. The Labute approximate surface area is 100 Å². The highest BCUT2D eigenvalue weighted by atomic mass is 79.9. The second kappa shape index (κ2) is 4.80. The minimum atomic E-state index is -0.263. The van der Waals surface area contributed by atoms with Gasteiger partial charge in [0.15, 0.2) is 0 Å². The smallest absolute Gasteiger partial charge is 0.258 e. The van der Waals surface area contributed by atoms with Crippen molar-refractivity contribution in [2.75, 3.05) is 5.32 Å². The summed E-state index contributed by atoms with van der Waals surface area (Å²) in [5.41, 5.74) is 0.538. The topological polar surface area (TPSA) is 67.8 Å². The van der Waals surface area contributed by atoms with E-state index in [1.54, 1.807) is 24.3 Å². The van der Waals surface area contributed by atoms with Crippen molar-refractivity contribution in [2.45, 2.75) is 0 Å². The molecule has 0 aliphatic heterocycles. The van der Waals surface area contributed by atoms with Gasteiger partial charge < -0.3 is 0 Å². The normalized spacial score (nSPS) is 9.81. The van der Waals surface area contributed by atoms with E-state index in [0.29, 0.717) is 5.56 Å². The molecule has 80 valence electrons. The van der Waals surface area contributed by atoms with Gasteiger partial charge in [-0.3, -0.25) is 10.1 Å². The summed E-state index contributed by atoms with van der Waals surface area (Å²) in [6, 6.07) is 6.99. The van der Waals surface area contributed by atoms with Gasteiger partial charge in [-0.1, -0.05) is 15.9 Å². The number of hydrogen-bond donors (Lipinski definition) is 1. The summed E-state index contributed by atoms with van der Waals surface area (Å²) in [5, 5.41) is 9.81. The van der Waals surface area contributed by atoms with E-state index < -0.39 is 0 Å². The molecule has 1 aromatic carbocycles. The number of amides is 1. The van der Waals surface area contributed by atoms with Crippen molar-refractivity contribution >= 4 is 27.8 Å². The van der Waals surface area contributed by atoms with Gasteiger partial charge in [0.25, 0.3) is 5.91 Å². The van der Waals surface area contributed by atoms with Gasteiger partial charge in [-0.2, -0.15) is 5.10 Å². The highest BCUT2D eigenvalue weighted by molar-refractivity contribution is 9.10. The van der Waals surface area contributed by atoms with Crippen LogP contribution in [0.1, 0.15) is 10.4 Å². The Balaban J connectivity index is 2.12. The Bertz CT molecular complexity index is 486. The van der Waals surface area contributed by atoms with Crippen LogP contribution in [-0.4, -0.2) is 21.1 Å². The first-order valence-corrected chi connectivity index (χ1v) is 5.25. The Morgan fingerprint density at radius 1 is 1.19 bits per heavy atom. The summed E-state index contributed by atoms with van der Waals surface area (Å²) in [4.78, 5) is 15.5. The molecule has 1 aromatic heterocycles. The van der Waals surface area contributed by atoms with Crippen LogP contribution < -0.4 is 5.32 Å². The van der Waals surface area contributed by atoms with Crippen LogP contribution in [0.15, 0.2) is 41.1 Å². The molecular weight excluding hydrogens is 272 g/mol. The minimum absolute atomic E-state index is 0.190. The van der Waals surface area contributed by atoms with E-state index in [0.717, 1.165) is 4.47 Å². The van der Waals surface area contributed by atoms with E-state index in [4.69, 9.17) is 0 Å². The fraction of sp³-hybridized carbons (Fsp3) is 0. The quantitative estimate of drug-likeness (QED) is 0.911. The molecule has 0 spiro atoms. The first kappa shape index (κ1) is 10.7. The van der Waals surface area contributed by atoms with Crippen LogP contribution in [0.25, 0.3) is 0 Å². The number of anilines is 1. The Hall–Kier alpha value is -1.82. The SMILES string of the molecule is O=C(Nc1nccnn1)c1ccc(Br)cc1. The summed E-state index contributed by atoms with van der Waals surface area (Å²) in [7, 11) is 0. The lowest BCUT2D eigenvalue weighted by Crippen LogP contribution is -2.14. The van der Waals surface area contributed by atoms with Crippen LogP contribution in [0.5, 0.6) is 0 Å². The highest BCUT2D eigenvalue weighted by Crippen LogP contribution is 2.11. The molecule has 1 amide bonds. The van der Waals surface area contributed by atoms with Gasteiger partial charge in [0, 0.05) is 10.0 Å². The van der Waals surface area contributed by atoms with Gasteiger partial charge in [-0.15, -0.1) is 5.10 Å². The van der Waals surface area contributed by atoms with Crippen molar-refractivity contribution in [1.82, 2.24) is 15.2 Å². The van der Waals surface area contributed by atoms with E-state index in [2.05, 4.69) is 36.4 Å². The van der Waals surface area contributed by atoms with Crippen LogP contribution >= 0.6 is 15.9 Å². The molecule has 0 aliphatic rings. The Morgan fingerprint density at radius 2 is 1.94 bits per heavy atom. The van der Waals surface area contributed by atoms with Crippen molar-refractivity contribution in [1.29, 1.82) is 0 Å². The maximum absolute atomic E-state index is 11.7. The molecule has 0 saturated heterocycles. The van der Waals surface area contributed by atoms with Gasteiger partial charge in [0.1, 0.15) is 0 Å². The maximum Gasteiger partial charge on any atom is 0.258 e. The van der Waals surface area contributed by atoms with Crippen LogP contribution in [0.4, 0.5) is 5.95 Å². The van der Waals surface area contributed by atoms with E-state index in [1.165, 1.54) is 12.4 Å². The molecule has 2 rings (SSSR count). The number of rotatable bonds is 2. The molecule has 0 aliphatic carbocycles. The Kier molecular flexibility index (Phi) is 3.21. The molecule has 0 fully saturated rings. The summed E-state index contributed by atoms with van der Waals surface area (Å²) in [5.74, 6) is -0.0732. The van der Waals surface area contributed by atoms with E-state index in [1.807, 2.05) is 0 Å². The third kappa shape index (κ3) is 2.60. The number of hydrogen-bond acceptors (Lipinski definition) is 4. The number of carbonyl (C=O) groups is 1. The van der Waals surface area contributed by atoms with Crippen molar-refractivity contribution in [3.8, 4) is 0 Å². The molecule has 2 aromatic rings. The predicted octanol–water partition coefficient (Wildman–Crippen LogP) is 1.89. The summed E-state index contributed by atoms with van der Waals surface area (Å²) in [6.07, 6.45) is 2.90. The van der Waals surface area contributed by atoms with Gasteiger partial charge in [-0.25, -0.2) is 4.98 Å².